The summed E-state index contributed by atoms with van der Waals surface area (Å²) in [7, 11) is 0. The molecule has 0 aliphatic carbocycles. The third kappa shape index (κ3) is 4.50. The molecule has 5 nitrogen and oxygen atoms in total. The number of nitrogens with one attached hydrogen (secondary N) is 1. The molecule has 7 heteroatoms. The van der Waals surface area contributed by atoms with Crippen molar-refractivity contribution in [3.8, 4) is 0 Å². The highest BCUT2D eigenvalue weighted by molar-refractivity contribution is 6.31. The van der Waals surface area contributed by atoms with Crippen molar-refractivity contribution >= 4 is 29.1 Å². The van der Waals surface area contributed by atoms with Gasteiger partial charge in [0.15, 0.2) is 0 Å². The first kappa shape index (κ1) is 18.1. The Kier molecular flexibility index (Phi) is 5.91. The van der Waals surface area contributed by atoms with Gasteiger partial charge in [0.2, 0.25) is 11.8 Å². The number of carbonyl (C=O) groups excluding carboxylic acids is 2. The van der Waals surface area contributed by atoms with Gasteiger partial charge in [-0.1, -0.05) is 11.6 Å². The molecule has 2 heterocycles. The second-order valence-corrected chi connectivity index (χ2v) is 7.10. The van der Waals surface area contributed by atoms with E-state index in [0.717, 1.165) is 26.1 Å². The topological polar surface area (TPSA) is 52.7 Å². The number of amides is 2. The van der Waals surface area contributed by atoms with Gasteiger partial charge in [0, 0.05) is 25.2 Å². The minimum Gasteiger partial charge on any atom is -0.356 e. The molecule has 3 rings (SSSR count). The maximum absolute atomic E-state index is 13.3. The zero-order valence-corrected chi connectivity index (χ0v) is 14.9. The monoisotopic (exact) mass is 367 g/mol. The van der Waals surface area contributed by atoms with Crippen molar-refractivity contribution in [2.45, 2.75) is 25.7 Å². The van der Waals surface area contributed by atoms with Crippen molar-refractivity contribution in [2.75, 3.05) is 37.6 Å². The molecule has 0 radical (unpaired) electrons. The number of hydrogen-bond donors (Lipinski definition) is 1. The van der Waals surface area contributed by atoms with Crippen LogP contribution in [-0.4, -0.2) is 49.4 Å². The van der Waals surface area contributed by atoms with E-state index >= 15 is 0 Å². The molecular formula is C18H23ClFN3O2. The average Bonchev–Trinajstić information content (AvgIpc) is 3.23. The van der Waals surface area contributed by atoms with Gasteiger partial charge in [0.1, 0.15) is 5.82 Å². The van der Waals surface area contributed by atoms with E-state index in [-0.39, 0.29) is 29.2 Å². The lowest BCUT2D eigenvalue weighted by atomic mass is 10.1. The number of likely N-dealkylation sites (tertiary alicyclic amines) is 1. The summed E-state index contributed by atoms with van der Waals surface area (Å²) in [4.78, 5) is 28.4. The summed E-state index contributed by atoms with van der Waals surface area (Å²) in [5, 5.41) is 2.90. The molecule has 25 heavy (non-hydrogen) atoms. The third-order valence-electron chi connectivity index (χ3n) is 4.86. The highest BCUT2D eigenvalue weighted by Gasteiger charge is 2.35. The fourth-order valence-electron chi connectivity index (χ4n) is 3.45. The molecule has 1 atom stereocenters. The van der Waals surface area contributed by atoms with Crippen LogP contribution in [0.1, 0.15) is 25.7 Å². The first-order valence-corrected chi connectivity index (χ1v) is 9.18. The van der Waals surface area contributed by atoms with E-state index in [4.69, 9.17) is 11.6 Å². The SMILES string of the molecule is O=C(NCCCN1CCCC1)[C@@H]1CC(=O)N(c2ccc(F)c(Cl)c2)C1. The van der Waals surface area contributed by atoms with Gasteiger partial charge >= 0.3 is 0 Å². The molecule has 136 valence electrons. The van der Waals surface area contributed by atoms with Gasteiger partial charge in [-0.05, 0) is 57.1 Å². The summed E-state index contributed by atoms with van der Waals surface area (Å²) in [6.45, 7) is 4.24. The zero-order chi connectivity index (χ0) is 17.8. The number of nitrogens with zero attached hydrogens (tertiary/aromatic N) is 2. The van der Waals surface area contributed by atoms with Crippen LogP contribution in [-0.2, 0) is 9.59 Å². The standard InChI is InChI=1S/C18H23ClFN3O2/c19-15-11-14(4-5-16(15)20)23-12-13(10-17(23)24)18(25)21-6-3-9-22-7-1-2-8-22/h4-5,11,13H,1-3,6-10,12H2,(H,21,25)/t13-/m1/s1. The number of benzene rings is 1. The predicted octanol–water partition coefficient (Wildman–Crippen LogP) is 2.43. The Morgan fingerprint density at radius 3 is 2.80 bits per heavy atom. The summed E-state index contributed by atoms with van der Waals surface area (Å²) >= 11 is 5.78. The van der Waals surface area contributed by atoms with Crippen LogP contribution in [0.25, 0.3) is 0 Å². The largest absolute Gasteiger partial charge is 0.356 e. The van der Waals surface area contributed by atoms with E-state index in [2.05, 4.69) is 10.2 Å². The Hall–Kier alpha value is -1.66. The Morgan fingerprint density at radius 1 is 1.32 bits per heavy atom. The van der Waals surface area contributed by atoms with Crippen LogP contribution in [0, 0.1) is 11.7 Å². The van der Waals surface area contributed by atoms with Crippen LogP contribution in [0.2, 0.25) is 5.02 Å². The quantitative estimate of drug-likeness (QED) is 0.786. The van der Waals surface area contributed by atoms with E-state index < -0.39 is 5.82 Å². The molecule has 2 fully saturated rings. The lowest BCUT2D eigenvalue weighted by molar-refractivity contribution is -0.126. The van der Waals surface area contributed by atoms with Crippen molar-refractivity contribution in [3.63, 3.8) is 0 Å². The normalized spacial score (nSPS) is 21.1. The van der Waals surface area contributed by atoms with Gasteiger partial charge in [0.05, 0.1) is 10.9 Å². The minimum atomic E-state index is -0.524. The van der Waals surface area contributed by atoms with Crippen molar-refractivity contribution < 1.29 is 14.0 Å². The minimum absolute atomic E-state index is 0.0277. The first-order valence-electron chi connectivity index (χ1n) is 8.80. The van der Waals surface area contributed by atoms with Crippen LogP contribution in [0.15, 0.2) is 18.2 Å². The van der Waals surface area contributed by atoms with Gasteiger partial charge in [-0.2, -0.15) is 0 Å². The van der Waals surface area contributed by atoms with Gasteiger partial charge < -0.3 is 15.1 Å². The third-order valence-corrected chi connectivity index (χ3v) is 5.15. The molecule has 2 amide bonds. The Morgan fingerprint density at radius 2 is 2.08 bits per heavy atom. The van der Waals surface area contributed by atoms with Gasteiger partial charge in [-0.15, -0.1) is 0 Å². The molecule has 0 saturated carbocycles. The number of hydrogen-bond acceptors (Lipinski definition) is 3. The van der Waals surface area contributed by atoms with Crippen molar-refractivity contribution in [3.05, 3.63) is 29.0 Å². The second-order valence-electron chi connectivity index (χ2n) is 6.70. The summed E-state index contributed by atoms with van der Waals surface area (Å²) in [5.41, 5.74) is 0.528. The molecule has 1 N–H and O–H groups in total. The zero-order valence-electron chi connectivity index (χ0n) is 14.1. The maximum Gasteiger partial charge on any atom is 0.227 e. The molecule has 1 aromatic rings. The highest BCUT2D eigenvalue weighted by Crippen LogP contribution is 2.28. The summed E-state index contributed by atoms with van der Waals surface area (Å²) in [5.74, 6) is -1.13. The maximum atomic E-state index is 13.3. The van der Waals surface area contributed by atoms with Crippen LogP contribution < -0.4 is 10.2 Å². The fraction of sp³-hybridized carbons (Fsp3) is 0.556. The summed E-state index contributed by atoms with van der Waals surface area (Å²) < 4.78 is 13.3. The molecule has 0 unspecified atom stereocenters. The van der Waals surface area contributed by atoms with Gasteiger partial charge in [-0.25, -0.2) is 4.39 Å². The van der Waals surface area contributed by atoms with Gasteiger partial charge in [-0.3, -0.25) is 9.59 Å². The Labute approximate surface area is 152 Å². The average molecular weight is 368 g/mol. The molecule has 2 aliphatic heterocycles. The smallest absolute Gasteiger partial charge is 0.227 e. The molecule has 0 spiro atoms. The Bertz CT molecular complexity index is 649. The molecule has 2 saturated heterocycles. The number of carbonyl (C=O) groups is 2. The number of anilines is 1. The lowest BCUT2D eigenvalue weighted by Gasteiger charge is -2.17. The number of halogens is 2. The second kappa shape index (κ2) is 8.15. The van der Waals surface area contributed by atoms with Crippen LogP contribution in [0.3, 0.4) is 0 Å². The summed E-state index contributed by atoms with van der Waals surface area (Å²) in [6.07, 6.45) is 3.62. The van der Waals surface area contributed by atoms with Gasteiger partial charge in [0.25, 0.3) is 0 Å². The summed E-state index contributed by atoms with van der Waals surface area (Å²) in [6, 6.07) is 4.16. The lowest BCUT2D eigenvalue weighted by Crippen LogP contribution is -2.34. The van der Waals surface area contributed by atoms with Crippen LogP contribution in [0.4, 0.5) is 10.1 Å². The fourth-order valence-corrected chi connectivity index (χ4v) is 3.63. The molecule has 0 bridgehead atoms. The van der Waals surface area contributed by atoms with E-state index in [0.29, 0.717) is 18.8 Å². The highest BCUT2D eigenvalue weighted by atomic mass is 35.5. The molecule has 2 aliphatic rings. The Balaban J connectivity index is 1.47. The van der Waals surface area contributed by atoms with E-state index in [1.807, 2.05) is 0 Å². The van der Waals surface area contributed by atoms with Crippen molar-refractivity contribution in [1.29, 1.82) is 0 Å². The van der Waals surface area contributed by atoms with E-state index in [1.165, 1.54) is 35.9 Å². The van der Waals surface area contributed by atoms with Crippen LogP contribution >= 0.6 is 11.6 Å². The van der Waals surface area contributed by atoms with Crippen LogP contribution in [0.5, 0.6) is 0 Å². The molecule has 0 aromatic heterocycles. The number of rotatable bonds is 6. The first-order chi connectivity index (χ1) is 12.0. The van der Waals surface area contributed by atoms with Crippen molar-refractivity contribution in [2.24, 2.45) is 5.92 Å². The molecule has 1 aromatic carbocycles. The predicted molar refractivity (Wildman–Crippen MR) is 95.2 cm³/mol. The molecular weight excluding hydrogens is 345 g/mol. The van der Waals surface area contributed by atoms with Crippen molar-refractivity contribution in [1.82, 2.24) is 10.2 Å². The van der Waals surface area contributed by atoms with E-state index in [9.17, 15) is 14.0 Å². The van der Waals surface area contributed by atoms with E-state index in [1.54, 1.807) is 0 Å².